The number of nitrogens with zero attached hydrogens (tertiary/aromatic N) is 3. The molecule has 0 saturated carbocycles. The number of carbonyl (C=O) groups is 2. The fourth-order valence-electron chi connectivity index (χ4n) is 4.53. The minimum absolute atomic E-state index is 0.263. The number of rotatable bonds is 8. The molecule has 196 valence electrons. The highest BCUT2D eigenvalue weighted by Crippen LogP contribution is 2.30. The number of benzene rings is 1. The Kier molecular flexibility index (Phi) is 7.51. The van der Waals surface area contributed by atoms with Crippen LogP contribution in [0.15, 0.2) is 36.4 Å². The molecular weight excluding hydrogens is 487 g/mol. The maximum atomic E-state index is 13.2. The number of amides is 1. The van der Waals surface area contributed by atoms with E-state index in [0.29, 0.717) is 29.9 Å². The van der Waals surface area contributed by atoms with Gasteiger partial charge in [-0.2, -0.15) is 18.3 Å². The van der Waals surface area contributed by atoms with E-state index in [1.54, 1.807) is 18.5 Å². The number of fused-ring (bicyclic) bond motifs is 1. The molecule has 1 aliphatic heterocycles. The molecule has 3 N–H and O–H groups in total. The van der Waals surface area contributed by atoms with Crippen molar-refractivity contribution in [3.05, 3.63) is 75.7 Å². The summed E-state index contributed by atoms with van der Waals surface area (Å²) < 4.78 is 40.5. The van der Waals surface area contributed by atoms with Gasteiger partial charge in [0.25, 0.3) is 5.91 Å². The van der Waals surface area contributed by atoms with Crippen molar-refractivity contribution >= 4 is 17.7 Å². The van der Waals surface area contributed by atoms with Gasteiger partial charge in [-0.05, 0) is 56.0 Å². The van der Waals surface area contributed by atoms with Crippen molar-refractivity contribution in [2.24, 2.45) is 0 Å². The number of aryl methyl sites for hydroxylation is 4. The average Bonchev–Trinajstić information content (AvgIpc) is 3.14. The van der Waals surface area contributed by atoms with Gasteiger partial charge in [0.05, 0.1) is 29.3 Å². The quantitative estimate of drug-likeness (QED) is 0.409. The van der Waals surface area contributed by atoms with E-state index in [9.17, 15) is 27.9 Å². The van der Waals surface area contributed by atoms with E-state index >= 15 is 0 Å². The summed E-state index contributed by atoms with van der Waals surface area (Å²) in [6.45, 7) is 4.82. The van der Waals surface area contributed by atoms with Crippen LogP contribution in [0.3, 0.4) is 0 Å². The van der Waals surface area contributed by atoms with Gasteiger partial charge in [0.2, 0.25) is 0 Å². The lowest BCUT2D eigenvalue weighted by atomic mass is 10.0. The second-order valence-corrected chi connectivity index (χ2v) is 9.10. The lowest BCUT2D eigenvalue weighted by molar-refractivity contribution is -0.138. The molecule has 1 unspecified atom stereocenters. The van der Waals surface area contributed by atoms with E-state index in [1.165, 1.54) is 17.7 Å². The van der Waals surface area contributed by atoms with Gasteiger partial charge in [-0.25, -0.2) is 4.98 Å². The Morgan fingerprint density at radius 2 is 1.89 bits per heavy atom. The van der Waals surface area contributed by atoms with Gasteiger partial charge in [-0.1, -0.05) is 18.2 Å². The average molecular weight is 516 g/mol. The topological polar surface area (TPSA) is 109 Å². The normalized spacial score (nSPS) is 14.0. The van der Waals surface area contributed by atoms with Crippen LogP contribution < -0.4 is 10.6 Å². The molecule has 2 aromatic heterocycles. The first-order valence-corrected chi connectivity index (χ1v) is 12.0. The lowest BCUT2D eigenvalue weighted by Crippen LogP contribution is -2.31. The molecule has 3 aromatic rings. The second-order valence-electron chi connectivity index (χ2n) is 9.10. The molecule has 1 atom stereocenters. The van der Waals surface area contributed by atoms with Gasteiger partial charge in [0, 0.05) is 30.9 Å². The monoisotopic (exact) mass is 515 g/mol. The molecule has 11 heteroatoms. The number of halogens is 3. The largest absolute Gasteiger partial charge is 0.481 e. The number of carboxylic acid groups (broad SMARTS) is 1. The van der Waals surface area contributed by atoms with Gasteiger partial charge in [0.15, 0.2) is 0 Å². The van der Waals surface area contributed by atoms with Crippen LogP contribution in [-0.4, -0.2) is 38.3 Å². The number of anilines is 1. The number of hydrogen-bond donors (Lipinski definition) is 3. The van der Waals surface area contributed by atoms with Crippen molar-refractivity contribution in [3.8, 4) is 0 Å². The molecule has 4 rings (SSSR count). The Hall–Kier alpha value is -3.89. The van der Waals surface area contributed by atoms with E-state index < -0.39 is 36.1 Å². The summed E-state index contributed by atoms with van der Waals surface area (Å²) in [4.78, 5) is 29.3. The first-order valence-electron chi connectivity index (χ1n) is 12.0. The van der Waals surface area contributed by atoms with Gasteiger partial charge >= 0.3 is 12.1 Å². The zero-order valence-corrected chi connectivity index (χ0v) is 20.5. The van der Waals surface area contributed by atoms with Crippen LogP contribution in [0, 0.1) is 13.8 Å². The number of pyridine rings is 1. The van der Waals surface area contributed by atoms with Gasteiger partial charge in [0.1, 0.15) is 5.82 Å². The lowest BCUT2D eigenvalue weighted by Gasteiger charge is -2.18. The maximum Gasteiger partial charge on any atom is 0.416 e. The Bertz CT molecular complexity index is 1300. The molecule has 0 spiro atoms. The summed E-state index contributed by atoms with van der Waals surface area (Å²) in [6, 6.07) is 7.16. The van der Waals surface area contributed by atoms with Crippen LogP contribution in [0.2, 0.25) is 0 Å². The molecule has 8 nitrogen and oxygen atoms in total. The highest BCUT2D eigenvalue weighted by molar-refractivity contribution is 5.96. The van der Waals surface area contributed by atoms with E-state index in [-0.39, 0.29) is 5.56 Å². The van der Waals surface area contributed by atoms with Crippen LogP contribution in [0.5, 0.6) is 0 Å². The van der Waals surface area contributed by atoms with E-state index in [0.717, 1.165) is 43.0 Å². The van der Waals surface area contributed by atoms with Crippen molar-refractivity contribution in [2.75, 3.05) is 11.9 Å². The first-order chi connectivity index (χ1) is 17.5. The molecular formula is C26H28F3N5O3. The molecule has 0 saturated heterocycles. The standard InChI is InChI=1S/C26H28F3N5O3/c1-15-23(16(2)34(33-15)13-11-20-10-7-18-4-3-12-30-24(18)31-20)25(37)32-21(14-22(35)36)17-5-8-19(9-6-17)26(27,28)29/h5-10,21H,3-4,11-14H2,1-2H3,(H,30,31)(H,32,37)(H,35,36). The first kappa shape index (κ1) is 26.2. The van der Waals surface area contributed by atoms with Gasteiger partial charge in [-0.3, -0.25) is 14.3 Å². The van der Waals surface area contributed by atoms with E-state index in [1.807, 2.05) is 6.07 Å². The fraction of sp³-hybridized carbons (Fsp3) is 0.385. The number of hydrogen-bond acceptors (Lipinski definition) is 5. The summed E-state index contributed by atoms with van der Waals surface area (Å²) in [5, 5.41) is 19.8. The van der Waals surface area contributed by atoms with Crippen molar-refractivity contribution in [1.82, 2.24) is 20.1 Å². The molecule has 0 fully saturated rings. The number of carboxylic acids is 1. The Morgan fingerprint density at radius 1 is 1.16 bits per heavy atom. The Morgan fingerprint density at radius 3 is 2.57 bits per heavy atom. The summed E-state index contributed by atoms with van der Waals surface area (Å²) in [7, 11) is 0. The van der Waals surface area contributed by atoms with Crippen molar-refractivity contribution in [1.29, 1.82) is 0 Å². The summed E-state index contributed by atoms with van der Waals surface area (Å²) in [5.74, 6) is -0.824. The van der Waals surface area contributed by atoms with Crippen molar-refractivity contribution < 1.29 is 27.9 Å². The molecule has 1 aliphatic rings. The molecule has 1 amide bonds. The summed E-state index contributed by atoms with van der Waals surface area (Å²) >= 11 is 0. The zero-order chi connectivity index (χ0) is 26.7. The fourth-order valence-corrected chi connectivity index (χ4v) is 4.53. The minimum atomic E-state index is -4.52. The van der Waals surface area contributed by atoms with Crippen LogP contribution in [-0.2, 0) is 30.4 Å². The van der Waals surface area contributed by atoms with E-state index in [2.05, 4.69) is 26.8 Å². The van der Waals surface area contributed by atoms with Gasteiger partial charge < -0.3 is 15.7 Å². The van der Waals surface area contributed by atoms with Crippen LogP contribution in [0.4, 0.5) is 19.0 Å². The smallest absolute Gasteiger partial charge is 0.416 e. The SMILES string of the molecule is Cc1nn(CCc2ccc3c(n2)NCCC3)c(C)c1C(=O)NC(CC(=O)O)c1ccc(C(F)(F)F)cc1. The number of nitrogens with one attached hydrogen (secondary N) is 2. The number of aliphatic carboxylic acids is 1. The highest BCUT2D eigenvalue weighted by atomic mass is 19.4. The highest BCUT2D eigenvalue weighted by Gasteiger charge is 2.31. The zero-order valence-electron chi connectivity index (χ0n) is 20.5. The summed E-state index contributed by atoms with van der Waals surface area (Å²) in [5.41, 5.74) is 2.89. The summed E-state index contributed by atoms with van der Waals surface area (Å²) in [6.07, 6.45) is -2.32. The third-order valence-electron chi connectivity index (χ3n) is 6.46. The molecule has 0 aliphatic carbocycles. The third-order valence-corrected chi connectivity index (χ3v) is 6.46. The third kappa shape index (κ3) is 6.10. The minimum Gasteiger partial charge on any atom is -0.481 e. The number of alkyl halides is 3. The second kappa shape index (κ2) is 10.6. The molecule has 3 heterocycles. The van der Waals surface area contributed by atoms with Crippen LogP contribution in [0.1, 0.15) is 63.0 Å². The number of carbonyl (C=O) groups excluding carboxylic acids is 1. The molecule has 0 radical (unpaired) electrons. The van der Waals surface area contributed by atoms with Crippen LogP contribution in [0.25, 0.3) is 0 Å². The number of aromatic nitrogens is 3. The van der Waals surface area contributed by atoms with E-state index in [4.69, 9.17) is 0 Å². The predicted molar refractivity (Wildman–Crippen MR) is 130 cm³/mol. The van der Waals surface area contributed by atoms with Crippen molar-refractivity contribution in [2.45, 2.75) is 58.3 Å². The van der Waals surface area contributed by atoms with Gasteiger partial charge in [-0.15, -0.1) is 0 Å². The van der Waals surface area contributed by atoms with Crippen LogP contribution >= 0.6 is 0 Å². The predicted octanol–water partition coefficient (Wildman–Crippen LogP) is 4.46. The maximum absolute atomic E-state index is 13.2. The molecule has 0 bridgehead atoms. The Labute approximate surface area is 211 Å². The molecule has 37 heavy (non-hydrogen) atoms. The van der Waals surface area contributed by atoms with Crippen molar-refractivity contribution in [3.63, 3.8) is 0 Å². The molecule has 1 aromatic carbocycles. The Balaban J connectivity index is 1.49.